The SMILES string of the molecule is COCC#Cc1cnc2c(c1)C(=O)N([C@H](C)CO)C[C@H](C)[C@H](CN(C)Cc1ccc(-c3ccccc3)cc1)O2. The molecule has 1 amide bonds. The average Bonchev–Trinajstić information content (AvgIpc) is 2.95. The van der Waals surface area contributed by atoms with Crippen LogP contribution in [0.25, 0.3) is 11.1 Å². The zero-order chi connectivity index (χ0) is 27.8. The highest BCUT2D eigenvalue weighted by atomic mass is 16.5. The number of fused-ring (bicyclic) bond motifs is 1. The van der Waals surface area contributed by atoms with E-state index in [1.54, 1.807) is 24.3 Å². The first-order valence-electron chi connectivity index (χ1n) is 13.3. The van der Waals surface area contributed by atoms with E-state index in [1.807, 2.05) is 25.1 Å². The zero-order valence-corrected chi connectivity index (χ0v) is 23.1. The van der Waals surface area contributed by atoms with E-state index in [9.17, 15) is 9.90 Å². The molecule has 7 heteroatoms. The third-order valence-electron chi connectivity index (χ3n) is 6.98. The fourth-order valence-corrected chi connectivity index (χ4v) is 4.72. The van der Waals surface area contributed by atoms with Crippen LogP contribution in [0.3, 0.4) is 0 Å². The molecule has 1 N–H and O–H groups in total. The van der Waals surface area contributed by atoms with Gasteiger partial charge in [0.2, 0.25) is 5.88 Å². The van der Waals surface area contributed by atoms with Gasteiger partial charge in [0.1, 0.15) is 18.3 Å². The highest BCUT2D eigenvalue weighted by Crippen LogP contribution is 2.28. The Labute approximate surface area is 231 Å². The van der Waals surface area contributed by atoms with Crippen LogP contribution in [-0.2, 0) is 11.3 Å². The van der Waals surface area contributed by atoms with Gasteiger partial charge >= 0.3 is 0 Å². The summed E-state index contributed by atoms with van der Waals surface area (Å²) in [6.07, 6.45) is 1.41. The highest BCUT2D eigenvalue weighted by Gasteiger charge is 2.34. The van der Waals surface area contributed by atoms with Crippen molar-refractivity contribution in [3.63, 3.8) is 0 Å². The smallest absolute Gasteiger partial charge is 0.259 e. The predicted molar refractivity (Wildman–Crippen MR) is 152 cm³/mol. The van der Waals surface area contributed by atoms with Crippen LogP contribution in [-0.4, -0.2) is 78.4 Å². The van der Waals surface area contributed by atoms with E-state index in [4.69, 9.17) is 9.47 Å². The van der Waals surface area contributed by atoms with Crippen LogP contribution >= 0.6 is 0 Å². The van der Waals surface area contributed by atoms with E-state index >= 15 is 0 Å². The average molecular weight is 528 g/mol. The Hall–Kier alpha value is -3.70. The highest BCUT2D eigenvalue weighted by molar-refractivity contribution is 5.97. The minimum Gasteiger partial charge on any atom is -0.472 e. The van der Waals surface area contributed by atoms with Gasteiger partial charge in [-0.1, -0.05) is 73.4 Å². The van der Waals surface area contributed by atoms with E-state index < -0.39 is 0 Å². The van der Waals surface area contributed by atoms with Crippen LogP contribution in [0.1, 0.15) is 35.3 Å². The molecular weight excluding hydrogens is 490 g/mol. The van der Waals surface area contributed by atoms with E-state index in [1.165, 1.54) is 16.7 Å². The van der Waals surface area contributed by atoms with Crippen molar-refractivity contribution in [1.82, 2.24) is 14.8 Å². The molecule has 3 atom stereocenters. The van der Waals surface area contributed by atoms with E-state index in [0.717, 1.165) is 6.54 Å². The fraction of sp³-hybridized carbons (Fsp3) is 0.375. The van der Waals surface area contributed by atoms with Gasteiger partial charge < -0.3 is 19.5 Å². The number of amides is 1. The number of carbonyl (C=O) groups is 1. The maximum atomic E-state index is 13.5. The first-order valence-corrected chi connectivity index (χ1v) is 13.3. The van der Waals surface area contributed by atoms with Gasteiger partial charge in [0.25, 0.3) is 5.91 Å². The second kappa shape index (κ2) is 13.4. The lowest BCUT2D eigenvalue weighted by atomic mass is 9.99. The molecule has 0 fully saturated rings. The number of aliphatic hydroxyl groups excluding tert-OH is 1. The van der Waals surface area contributed by atoms with Gasteiger partial charge in [-0.2, -0.15) is 0 Å². The number of likely N-dealkylation sites (N-methyl/N-ethyl adjacent to an activating group) is 1. The Morgan fingerprint density at radius 3 is 2.59 bits per heavy atom. The lowest BCUT2D eigenvalue weighted by Gasteiger charge is -2.37. The number of pyridine rings is 1. The molecule has 0 radical (unpaired) electrons. The molecule has 39 heavy (non-hydrogen) atoms. The van der Waals surface area contributed by atoms with Crippen LogP contribution in [0, 0.1) is 17.8 Å². The fourth-order valence-electron chi connectivity index (χ4n) is 4.72. The van der Waals surface area contributed by atoms with Crippen molar-refractivity contribution in [1.29, 1.82) is 0 Å². The molecule has 1 aromatic heterocycles. The Morgan fingerprint density at radius 1 is 1.18 bits per heavy atom. The third-order valence-corrected chi connectivity index (χ3v) is 6.98. The van der Waals surface area contributed by atoms with Gasteiger partial charge in [0.15, 0.2) is 0 Å². The van der Waals surface area contributed by atoms with Crippen LogP contribution < -0.4 is 4.74 Å². The van der Waals surface area contributed by atoms with Gasteiger partial charge in [-0.3, -0.25) is 9.69 Å². The lowest BCUT2D eigenvalue weighted by Crippen LogP contribution is -2.49. The summed E-state index contributed by atoms with van der Waals surface area (Å²) in [6.45, 7) is 5.95. The normalized spacial score (nSPS) is 17.9. The van der Waals surface area contributed by atoms with Crippen molar-refractivity contribution >= 4 is 5.91 Å². The Kier molecular flexibility index (Phi) is 9.72. The number of carbonyl (C=O) groups excluding carboxylic acids is 1. The van der Waals surface area contributed by atoms with Crippen molar-refractivity contribution in [3.05, 3.63) is 83.6 Å². The number of rotatable bonds is 8. The molecule has 0 aliphatic carbocycles. The second-order valence-corrected chi connectivity index (χ2v) is 10.2. The molecule has 204 valence electrons. The van der Waals surface area contributed by atoms with Crippen molar-refractivity contribution in [2.45, 2.75) is 32.5 Å². The molecule has 7 nitrogen and oxygen atoms in total. The largest absolute Gasteiger partial charge is 0.472 e. The number of nitrogens with zero attached hydrogens (tertiary/aromatic N) is 3. The van der Waals surface area contributed by atoms with E-state index in [2.05, 4.69) is 72.1 Å². The molecule has 0 bridgehead atoms. The molecule has 1 aliphatic rings. The second-order valence-electron chi connectivity index (χ2n) is 10.2. The summed E-state index contributed by atoms with van der Waals surface area (Å²) in [7, 11) is 3.65. The molecular formula is C32H37N3O4. The zero-order valence-electron chi connectivity index (χ0n) is 23.1. The first-order chi connectivity index (χ1) is 18.9. The number of benzene rings is 2. The minimum absolute atomic E-state index is 0.0157. The molecule has 4 rings (SSSR count). The van der Waals surface area contributed by atoms with Gasteiger partial charge in [-0.25, -0.2) is 4.98 Å². The number of hydrogen-bond acceptors (Lipinski definition) is 6. The summed E-state index contributed by atoms with van der Waals surface area (Å²) in [6, 6.07) is 20.3. The lowest BCUT2D eigenvalue weighted by molar-refractivity contribution is 0.0325. The molecule has 2 aromatic carbocycles. The van der Waals surface area contributed by atoms with Gasteiger partial charge in [-0.05, 0) is 36.7 Å². The Bertz CT molecular complexity index is 1300. The Balaban J connectivity index is 1.53. The summed E-state index contributed by atoms with van der Waals surface area (Å²) in [5.74, 6) is 5.98. The van der Waals surface area contributed by atoms with Crippen LogP contribution in [0.5, 0.6) is 5.88 Å². The summed E-state index contributed by atoms with van der Waals surface area (Å²) < 4.78 is 11.4. The molecule has 2 heterocycles. The Morgan fingerprint density at radius 2 is 1.90 bits per heavy atom. The van der Waals surface area contributed by atoms with Crippen LogP contribution in [0.4, 0.5) is 0 Å². The molecule has 0 saturated heterocycles. The molecule has 0 saturated carbocycles. The minimum atomic E-state index is -0.337. The summed E-state index contributed by atoms with van der Waals surface area (Å²) >= 11 is 0. The van der Waals surface area contributed by atoms with Crippen molar-refractivity contribution in [3.8, 4) is 28.8 Å². The topological polar surface area (TPSA) is 75.1 Å². The maximum absolute atomic E-state index is 13.5. The number of aromatic nitrogens is 1. The summed E-state index contributed by atoms with van der Waals surface area (Å²) in [4.78, 5) is 22.0. The number of methoxy groups -OCH3 is 1. The van der Waals surface area contributed by atoms with Crippen LogP contribution in [0.2, 0.25) is 0 Å². The van der Waals surface area contributed by atoms with Gasteiger partial charge in [-0.15, -0.1) is 0 Å². The predicted octanol–water partition coefficient (Wildman–Crippen LogP) is 4.10. The number of hydrogen-bond donors (Lipinski definition) is 1. The van der Waals surface area contributed by atoms with Crippen LogP contribution in [0.15, 0.2) is 66.9 Å². The first kappa shape index (κ1) is 28.3. The molecule has 0 spiro atoms. The standard InChI is InChI=1S/C32H37N3O4/c1-23-19-35(24(2)22-36)32(37)29-17-26(9-8-16-38-4)18-33-31(29)39-30(23)21-34(3)20-25-12-14-28(15-13-25)27-10-6-5-7-11-27/h5-7,10-15,17-18,23-24,30,36H,16,19-22H2,1-4H3/t23-,24+,30-/m0/s1. The summed E-state index contributed by atoms with van der Waals surface area (Å²) in [5, 5.41) is 9.88. The maximum Gasteiger partial charge on any atom is 0.259 e. The van der Waals surface area contributed by atoms with Gasteiger partial charge in [0.05, 0.1) is 12.6 Å². The third kappa shape index (κ3) is 7.24. The van der Waals surface area contributed by atoms with E-state index in [-0.39, 0.29) is 37.2 Å². The van der Waals surface area contributed by atoms with Gasteiger partial charge in [0, 0.05) is 44.4 Å². The molecule has 0 unspecified atom stereocenters. The monoisotopic (exact) mass is 527 g/mol. The van der Waals surface area contributed by atoms with Crippen molar-refractivity contribution in [2.75, 3.05) is 40.5 Å². The van der Waals surface area contributed by atoms with Crippen molar-refractivity contribution < 1.29 is 19.4 Å². The number of ether oxygens (including phenoxy) is 2. The summed E-state index contributed by atoms with van der Waals surface area (Å²) in [5.41, 5.74) is 4.57. The molecule has 1 aliphatic heterocycles. The molecule has 3 aromatic rings. The number of aliphatic hydroxyl groups is 1. The van der Waals surface area contributed by atoms with E-state index in [0.29, 0.717) is 30.1 Å². The quantitative estimate of drug-likeness (QED) is 0.445. The van der Waals surface area contributed by atoms with Crippen molar-refractivity contribution in [2.24, 2.45) is 5.92 Å².